The average molecular weight is 284 g/mol. The Morgan fingerprint density at radius 2 is 1.94 bits per heavy atom. The van der Waals surface area contributed by atoms with Crippen molar-refractivity contribution in [1.82, 2.24) is 0 Å². The van der Waals surface area contributed by atoms with Crippen molar-refractivity contribution in [1.29, 1.82) is 0 Å². The van der Waals surface area contributed by atoms with Crippen molar-refractivity contribution >= 4 is 17.4 Å². The van der Waals surface area contributed by atoms with E-state index in [1.54, 1.807) is 0 Å². The van der Waals surface area contributed by atoms with E-state index >= 15 is 0 Å². The van der Waals surface area contributed by atoms with Crippen LogP contribution in [0.1, 0.15) is 12.5 Å². The lowest BCUT2D eigenvalue weighted by molar-refractivity contribution is -0.185. The van der Waals surface area contributed by atoms with Crippen LogP contribution in [0.15, 0.2) is 18.2 Å². The molecule has 1 aromatic rings. The normalized spacial score (nSPS) is 15.3. The molecular weight excluding hydrogens is 274 g/mol. The first-order chi connectivity index (χ1) is 8.05. The summed E-state index contributed by atoms with van der Waals surface area (Å²) in [5, 5.41) is 0.130. The zero-order chi connectivity index (χ0) is 14.1. The number of nitrogens with two attached hydrogens (primary N) is 1. The number of rotatable bonds is 3. The van der Waals surface area contributed by atoms with Crippen LogP contribution in [0.2, 0.25) is 5.02 Å². The first-order valence-electron chi connectivity index (χ1n) is 4.88. The summed E-state index contributed by atoms with van der Waals surface area (Å²) in [6.07, 6.45) is -5.65. The van der Waals surface area contributed by atoms with E-state index in [1.165, 1.54) is 6.07 Å². The number of ketones is 1. The van der Waals surface area contributed by atoms with Gasteiger partial charge in [0.2, 0.25) is 0 Å². The molecule has 0 aliphatic heterocycles. The van der Waals surface area contributed by atoms with E-state index in [4.69, 9.17) is 17.3 Å². The predicted octanol–water partition coefficient (Wildman–Crippen LogP) is 2.87. The minimum atomic E-state index is -4.89. The van der Waals surface area contributed by atoms with Gasteiger partial charge in [-0.25, -0.2) is 4.39 Å². The standard InChI is InChI=1S/C11H10ClF4NO/c1-10(17,11(14,15)16)9(18)5-6-4-7(12)2-3-8(6)13/h2-4H,5,17H2,1H3. The van der Waals surface area contributed by atoms with Crippen LogP contribution in [0.5, 0.6) is 0 Å². The second kappa shape index (κ2) is 4.85. The highest BCUT2D eigenvalue weighted by Crippen LogP contribution is 2.30. The summed E-state index contributed by atoms with van der Waals surface area (Å²) in [6.45, 7) is 0.553. The van der Waals surface area contributed by atoms with E-state index in [0.717, 1.165) is 12.1 Å². The number of carbonyl (C=O) groups is 1. The molecule has 2 N–H and O–H groups in total. The van der Waals surface area contributed by atoms with Gasteiger partial charge in [-0.2, -0.15) is 13.2 Å². The maximum atomic E-state index is 13.3. The van der Waals surface area contributed by atoms with Gasteiger partial charge in [0.15, 0.2) is 11.3 Å². The second-order valence-electron chi connectivity index (χ2n) is 4.04. The van der Waals surface area contributed by atoms with Gasteiger partial charge in [0, 0.05) is 11.4 Å². The SMILES string of the molecule is CC(N)(C(=O)Cc1cc(Cl)ccc1F)C(F)(F)F. The van der Waals surface area contributed by atoms with E-state index in [-0.39, 0.29) is 10.6 Å². The van der Waals surface area contributed by atoms with Crippen molar-refractivity contribution in [2.75, 3.05) is 0 Å². The molecular formula is C11H10ClF4NO. The lowest BCUT2D eigenvalue weighted by Gasteiger charge is -2.26. The van der Waals surface area contributed by atoms with Crippen LogP contribution in [0.4, 0.5) is 17.6 Å². The molecule has 18 heavy (non-hydrogen) atoms. The van der Waals surface area contributed by atoms with Crippen molar-refractivity contribution in [2.45, 2.75) is 25.1 Å². The van der Waals surface area contributed by atoms with Gasteiger partial charge < -0.3 is 5.73 Å². The smallest absolute Gasteiger partial charge is 0.312 e. The Morgan fingerprint density at radius 1 is 1.39 bits per heavy atom. The van der Waals surface area contributed by atoms with Gasteiger partial charge in [-0.1, -0.05) is 11.6 Å². The Balaban J connectivity index is 2.98. The predicted molar refractivity (Wildman–Crippen MR) is 58.8 cm³/mol. The third-order valence-corrected chi connectivity index (χ3v) is 2.76. The topological polar surface area (TPSA) is 43.1 Å². The van der Waals surface area contributed by atoms with Gasteiger partial charge in [0.1, 0.15) is 5.82 Å². The number of carbonyl (C=O) groups excluding carboxylic acids is 1. The molecule has 1 atom stereocenters. The fourth-order valence-corrected chi connectivity index (χ4v) is 1.39. The van der Waals surface area contributed by atoms with Crippen molar-refractivity contribution < 1.29 is 22.4 Å². The van der Waals surface area contributed by atoms with Crippen LogP contribution in [0, 0.1) is 5.82 Å². The van der Waals surface area contributed by atoms with Gasteiger partial charge in [0.05, 0.1) is 0 Å². The molecule has 0 fully saturated rings. The highest BCUT2D eigenvalue weighted by molar-refractivity contribution is 6.30. The fraction of sp³-hybridized carbons (Fsp3) is 0.364. The first-order valence-corrected chi connectivity index (χ1v) is 5.26. The monoisotopic (exact) mass is 283 g/mol. The quantitative estimate of drug-likeness (QED) is 0.867. The number of Topliss-reactive ketones (excluding diaryl/α,β-unsaturated/α-hetero) is 1. The van der Waals surface area contributed by atoms with Crippen LogP contribution in [0.3, 0.4) is 0 Å². The van der Waals surface area contributed by atoms with Gasteiger partial charge in [-0.05, 0) is 30.7 Å². The van der Waals surface area contributed by atoms with Crippen molar-refractivity contribution in [3.05, 3.63) is 34.6 Å². The van der Waals surface area contributed by atoms with Gasteiger partial charge >= 0.3 is 6.18 Å². The van der Waals surface area contributed by atoms with Crippen LogP contribution < -0.4 is 5.73 Å². The number of benzene rings is 1. The Hall–Kier alpha value is -1.14. The van der Waals surface area contributed by atoms with Gasteiger partial charge in [-0.3, -0.25) is 4.79 Å². The number of hydrogen-bond acceptors (Lipinski definition) is 2. The molecule has 0 aliphatic rings. The highest BCUT2D eigenvalue weighted by Gasteiger charge is 2.53. The Kier molecular flexibility index (Phi) is 4.02. The van der Waals surface area contributed by atoms with Crippen LogP contribution in [-0.2, 0) is 11.2 Å². The summed E-state index contributed by atoms with van der Waals surface area (Å²) in [6, 6.07) is 3.31. The largest absolute Gasteiger partial charge is 0.413 e. The summed E-state index contributed by atoms with van der Waals surface area (Å²) in [7, 11) is 0. The molecule has 1 aromatic carbocycles. The molecule has 0 saturated carbocycles. The lowest BCUT2D eigenvalue weighted by atomic mass is 9.92. The Bertz CT molecular complexity index is 471. The first kappa shape index (κ1) is 14.9. The molecule has 0 aliphatic carbocycles. The summed E-state index contributed by atoms with van der Waals surface area (Å²) >= 11 is 5.57. The highest BCUT2D eigenvalue weighted by atomic mass is 35.5. The molecule has 0 spiro atoms. The number of halogens is 5. The number of hydrogen-bond donors (Lipinski definition) is 1. The maximum Gasteiger partial charge on any atom is 0.413 e. The van der Waals surface area contributed by atoms with Gasteiger partial charge in [0.25, 0.3) is 0 Å². The van der Waals surface area contributed by atoms with Crippen molar-refractivity contribution in [3.8, 4) is 0 Å². The third kappa shape index (κ3) is 3.00. The molecule has 2 nitrogen and oxygen atoms in total. The lowest BCUT2D eigenvalue weighted by Crippen LogP contribution is -2.57. The molecule has 7 heteroatoms. The molecule has 0 radical (unpaired) electrons. The summed E-state index contributed by atoms with van der Waals surface area (Å²) < 4.78 is 50.8. The minimum Gasteiger partial charge on any atom is -0.312 e. The average Bonchev–Trinajstić information content (AvgIpc) is 2.21. The second-order valence-corrected chi connectivity index (χ2v) is 4.47. The summed E-state index contributed by atoms with van der Waals surface area (Å²) in [5.74, 6) is -2.12. The Labute approximate surface area is 106 Å². The number of alkyl halides is 3. The third-order valence-electron chi connectivity index (χ3n) is 2.53. The van der Waals surface area contributed by atoms with Crippen LogP contribution in [0.25, 0.3) is 0 Å². The molecule has 0 saturated heterocycles. The van der Waals surface area contributed by atoms with E-state index in [2.05, 4.69) is 0 Å². The molecule has 0 heterocycles. The van der Waals surface area contributed by atoms with E-state index in [1.807, 2.05) is 0 Å². The summed E-state index contributed by atoms with van der Waals surface area (Å²) in [4.78, 5) is 11.5. The molecule has 1 rings (SSSR count). The molecule has 0 bridgehead atoms. The molecule has 0 amide bonds. The fourth-order valence-electron chi connectivity index (χ4n) is 1.19. The zero-order valence-corrected chi connectivity index (χ0v) is 10.1. The maximum absolute atomic E-state index is 13.3. The minimum absolute atomic E-state index is 0.130. The van der Waals surface area contributed by atoms with Crippen LogP contribution >= 0.6 is 11.6 Å². The molecule has 100 valence electrons. The van der Waals surface area contributed by atoms with Gasteiger partial charge in [-0.15, -0.1) is 0 Å². The van der Waals surface area contributed by atoms with Crippen molar-refractivity contribution in [3.63, 3.8) is 0 Å². The van der Waals surface area contributed by atoms with Crippen molar-refractivity contribution in [2.24, 2.45) is 5.73 Å². The van der Waals surface area contributed by atoms with Crippen LogP contribution in [-0.4, -0.2) is 17.5 Å². The van der Waals surface area contributed by atoms with E-state index in [0.29, 0.717) is 6.92 Å². The zero-order valence-electron chi connectivity index (χ0n) is 9.31. The summed E-state index contributed by atoms with van der Waals surface area (Å²) in [5.41, 5.74) is 1.72. The van der Waals surface area contributed by atoms with E-state index in [9.17, 15) is 22.4 Å². The molecule has 1 unspecified atom stereocenters. The van der Waals surface area contributed by atoms with E-state index < -0.39 is 29.7 Å². The Morgan fingerprint density at radius 3 is 2.44 bits per heavy atom. The molecule has 0 aromatic heterocycles.